The number of hydrogen-bond donors (Lipinski definition) is 1. The normalized spacial score (nSPS) is 11.9. The minimum absolute atomic E-state index is 0.164. The van der Waals surface area contributed by atoms with Gasteiger partial charge >= 0.3 is 6.18 Å². The summed E-state index contributed by atoms with van der Waals surface area (Å²) in [6.45, 7) is 0.243. The van der Waals surface area contributed by atoms with Crippen LogP contribution in [-0.4, -0.2) is 15.3 Å². The number of rotatable bonds is 4. The molecule has 1 N–H and O–H groups in total. The number of nitrogens with one attached hydrogen (secondary N) is 1. The van der Waals surface area contributed by atoms with Crippen molar-refractivity contribution in [3.63, 3.8) is 0 Å². The minimum Gasteiger partial charge on any atom is -0.346 e. The smallest absolute Gasteiger partial charge is 0.346 e. The van der Waals surface area contributed by atoms with Gasteiger partial charge in [-0.3, -0.25) is 9.20 Å². The Morgan fingerprint density at radius 2 is 1.96 bits per heavy atom. The number of nitrogens with zero attached hydrogens (tertiary/aromatic N) is 2. The van der Waals surface area contributed by atoms with Crippen molar-refractivity contribution < 1.29 is 18.0 Å². The van der Waals surface area contributed by atoms with Crippen LogP contribution in [0.1, 0.15) is 20.9 Å². The molecule has 10 heteroatoms. The standard InChI is InChI=1S/C18H11ClF3N3OS2/c19-15-14(17(26)23-8-11-3-1-5-27-11)24-16-12(18(20,21)22)7-10(9-25(15)16)13-4-2-6-28-13/h1-7,9H,8H2,(H,23,26). The molecule has 0 saturated heterocycles. The molecule has 144 valence electrons. The summed E-state index contributed by atoms with van der Waals surface area (Å²) in [5, 5.41) is 6.10. The van der Waals surface area contributed by atoms with Crippen LogP contribution in [0.4, 0.5) is 13.2 Å². The second kappa shape index (κ2) is 7.23. The molecule has 0 unspecified atom stereocenters. The van der Waals surface area contributed by atoms with Crippen molar-refractivity contribution in [2.45, 2.75) is 12.7 Å². The average Bonchev–Trinajstić information content (AvgIpc) is 3.40. The molecule has 0 saturated carbocycles. The first kappa shape index (κ1) is 19.0. The summed E-state index contributed by atoms with van der Waals surface area (Å²) in [5.41, 5.74) is -1.25. The van der Waals surface area contributed by atoms with Crippen LogP contribution in [0.15, 0.2) is 47.3 Å². The maximum absolute atomic E-state index is 13.6. The number of pyridine rings is 1. The summed E-state index contributed by atoms with van der Waals surface area (Å²) in [5.74, 6) is -0.632. The third-order valence-electron chi connectivity index (χ3n) is 3.99. The van der Waals surface area contributed by atoms with Gasteiger partial charge in [0.15, 0.2) is 11.3 Å². The van der Waals surface area contributed by atoms with E-state index in [9.17, 15) is 18.0 Å². The highest BCUT2D eigenvalue weighted by Crippen LogP contribution is 2.37. The Morgan fingerprint density at radius 3 is 2.61 bits per heavy atom. The Hall–Kier alpha value is -2.36. The summed E-state index contributed by atoms with van der Waals surface area (Å²) in [6, 6.07) is 8.16. The van der Waals surface area contributed by atoms with Gasteiger partial charge in [-0.05, 0) is 29.0 Å². The van der Waals surface area contributed by atoms with Gasteiger partial charge in [0.25, 0.3) is 5.91 Å². The maximum atomic E-state index is 13.6. The molecule has 4 nitrogen and oxygen atoms in total. The number of thiophene rings is 2. The van der Waals surface area contributed by atoms with Gasteiger partial charge in [-0.1, -0.05) is 23.7 Å². The zero-order chi connectivity index (χ0) is 19.9. The van der Waals surface area contributed by atoms with Crippen molar-refractivity contribution in [3.05, 3.63) is 68.6 Å². The quantitative estimate of drug-likeness (QED) is 0.440. The first-order chi connectivity index (χ1) is 13.3. The molecular weight excluding hydrogens is 431 g/mol. The van der Waals surface area contributed by atoms with E-state index in [0.717, 1.165) is 15.3 Å². The lowest BCUT2D eigenvalue weighted by Crippen LogP contribution is -2.23. The average molecular weight is 442 g/mol. The monoisotopic (exact) mass is 441 g/mol. The number of amides is 1. The van der Waals surface area contributed by atoms with Crippen molar-refractivity contribution in [2.75, 3.05) is 0 Å². The lowest BCUT2D eigenvalue weighted by atomic mass is 10.1. The van der Waals surface area contributed by atoms with Crippen LogP contribution >= 0.6 is 34.3 Å². The van der Waals surface area contributed by atoms with Crippen molar-refractivity contribution >= 4 is 45.8 Å². The largest absolute Gasteiger partial charge is 0.420 e. The minimum atomic E-state index is -4.64. The molecule has 4 aromatic heterocycles. The van der Waals surface area contributed by atoms with Gasteiger partial charge in [0, 0.05) is 21.5 Å². The molecule has 0 bridgehead atoms. The van der Waals surface area contributed by atoms with Crippen molar-refractivity contribution in [1.82, 2.24) is 14.7 Å². The SMILES string of the molecule is O=C(NCc1cccs1)c1nc2c(C(F)(F)F)cc(-c3cccs3)cn2c1Cl. The number of carbonyl (C=O) groups is 1. The molecule has 0 fully saturated rings. The second-order valence-corrected chi connectivity index (χ2v) is 8.16. The topological polar surface area (TPSA) is 46.4 Å². The third kappa shape index (κ3) is 3.52. The fraction of sp³-hybridized carbons (Fsp3) is 0.111. The summed E-state index contributed by atoms with van der Waals surface area (Å²) in [4.78, 5) is 17.9. The van der Waals surface area contributed by atoms with Gasteiger partial charge < -0.3 is 5.32 Å². The van der Waals surface area contributed by atoms with Crippen LogP contribution < -0.4 is 5.32 Å². The molecule has 0 aliphatic rings. The fourth-order valence-electron chi connectivity index (χ4n) is 2.71. The van der Waals surface area contributed by atoms with Crippen LogP contribution in [0.25, 0.3) is 16.1 Å². The van der Waals surface area contributed by atoms with Crippen LogP contribution in [0.2, 0.25) is 5.15 Å². The third-order valence-corrected chi connectivity index (χ3v) is 6.15. The Balaban J connectivity index is 1.79. The van der Waals surface area contributed by atoms with Gasteiger partial charge in [-0.25, -0.2) is 4.98 Å². The van der Waals surface area contributed by atoms with E-state index in [1.165, 1.54) is 28.9 Å². The van der Waals surface area contributed by atoms with Crippen LogP contribution in [0.3, 0.4) is 0 Å². The molecule has 28 heavy (non-hydrogen) atoms. The number of carbonyl (C=O) groups excluding carboxylic acids is 1. The number of halogens is 4. The van der Waals surface area contributed by atoms with Crippen LogP contribution in [-0.2, 0) is 12.7 Å². The van der Waals surface area contributed by atoms with Crippen molar-refractivity contribution in [2.24, 2.45) is 0 Å². The van der Waals surface area contributed by atoms with Crippen molar-refractivity contribution in [3.8, 4) is 10.4 Å². The molecular formula is C18H11ClF3N3OS2. The lowest BCUT2D eigenvalue weighted by Gasteiger charge is -2.10. The van der Waals surface area contributed by atoms with E-state index in [4.69, 9.17) is 11.6 Å². The van der Waals surface area contributed by atoms with Gasteiger partial charge in [0.2, 0.25) is 0 Å². The maximum Gasteiger partial charge on any atom is 0.420 e. The Bertz CT molecular complexity index is 1140. The number of imidazole rings is 1. The second-order valence-electron chi connectivity index (χ2n) is 5.82. The molecule has 4 aromatic rings. The van der Waals surface area contributed by atoms with Crippen LogP contribution in [0.5, 0.6) is 0 Å². The molecule has 0 radical (unpaired) electrons. The number of hydrogen-bond acceptors (Lipinski definition) is 4. The molecule has 0 aliphatic heterocycles. The molecule has 1 amide bonds. The summed E-state index contributed by atoms with van der Waals surface area (Å²) in [6.07, 6.45) is -3.18. The number of fused-ring (bicyclic) bond motifs is 1. The van der Waals surface area contributed by atoms with Gasteiger partial charge in [-0.15, -0.1) is 22.7 Å². The van der Waals surface area contributed by atoms with E-state index < -0.39 is 23.3 Å². The Labute approximate surface area is 170 Å². The molecule has 4 rings (SSSR count). The summed E-state index contributed by atoms with van der Waals surface area (Å²) in [7, 11) is 0. The predicted molar refractivity (Wildman–Crippen MR) is 104 cm³/mol. The molecule has 0 aliphatic carbocycles. The number of alkyl halides is 3. The molecule has 0 spiro atoms. The molecule has 0 aromatic carbocycles. The van der Waals surface area contributed by atoms with E-state index in [1.54, 1.807) is 17.5 Å². The van der Waals surface area contributed by atoms with Crippen molar-refractivity contribution in [1.29, 1.82) is 0 Å². The predicted octanol–water partition coefficient (Wildman–Crippen LogP) is 5.73. The highest BCUT2D eigenvalue weighted by Gasteiger charge is 2.36. The number of aromatic nitrogens is 2. The van der Waals surface area contributed by atoms with Gasteiger partial charge in [-0.2, -0.15) is 13.2 Å². The molecule has 4 heterocycles. The zero-order valence-electron chi connectivity index (χ0n) is 14.0. The highest BCUT2D eigenvalue weighted by atomic mass is 35.5. The summed E-state index contributed by atoms with van der Waals surface area (Å²) >= 11 is 9.01. The lowest BCUT2D eigenvalue weighted by molar-refractivity contribution is -0.136. The van der Waals surface area contributed by atoms with Crippen LogP contribution in [0, 0.1) is 0 Å². The van der Waals surface area contributed by atoms with E-state index >= 15 is 0 Å². The fourth-order valence-corrected chi connectivity index (χ4v) is 4.32. The van der Waals surface area contributed by atoms with E-state index in [2.05, 4.69) is 10.3 Å². The van der Waals surface area contributed by atoms with E-state index in [-0.39, 0.29) is 17.4 Å². The first-order valence-corrected chi connectivity index (χ1v) is 10.1. The highest BCUT2D eigenvalue weighted by molar-refractivity contribution is 7.13. The van der Waals surface area contributed by atoms with Gasteiger partial charge in [0.05, 0.1) is 12.1 Å². The van der Waals surface area contributed by atoms with Gasteiger partial charge in [0.1, 0.15) is 5.15 Å². The first-order valence-electron chi connectivity index (χ1n) is 7.98. The Kier molecular flexibility index (Phi) is 4.90. The molecule has 0 atom stereocenters. The Morgan fingerprint density at radius 1 is 1.21 bits per heavy atom. The summed E-state index contributed by atoms with van der Waals surface area (Å²) < 4.78 is 42.0. The van der Waals surface area contributed by atoms with E-state index in [1.807, 2.05) is 17.5 Å². The zero-order valence-corrected chi connectivity index (χ0v) is 16.3. The van der Waals surface area contributed by atoms with E-state index in [0.29, 0.717) is 10.4 Å².